The molecule has 0 aromatic heterocycles. The van der Waals surface area contributed by atoms with Crippen molar-refractivity contribution in [2.75, 3.05) is 6.54 Å². The van der Waals surface area contributed by atoms with Crippen molar-refractivity contribution in [3.63, 3.8) is 0 Å². The number of hydrogen-bond acceptors (Lipinski definition) is 2. The summed E-state index contributed by atoms with van der Waals surface area (Å²) in [6.07, 6.45) is 3.74. The van der Waals surface area contributed by atoms with Gasteiger partial charge in [0.15, 0.2) is 0 Å². The summed E-state index contributed by atoms with van der Waals surface area (Å²) in [6.45, 7) is 2.75. The molecule has 7 heteroatoms. The zero-order valence-corrected chi connectivity index (χ0v) is 13.9. The van der Waals surface area contributed by atoms with Gasteiger partial charge in [0.25, 0.3) is 0 Å². The number of hydrogen-bond donors (Lipinski definition) is 4. The van der Waals surface area contributed by atoms with E-state index in [4.69, 9.17) is 0 Å². The first-order valence-electron chi connectivity index (χ1n) is 8.41. The van der Waals surface area contributed by atoms with Gasteiger partial charge >= 0.3 is 12.1 Å². The molecule has 0 radical (unpaired) electrons. The third-order valence-electron chi connectivity index (χ3n) is 4.10. The Hall–Kier alpha value is -2.31. The van der Waals surface area contributed by atoms with Gasteiger partial charge in [-0.3, -0.25) is 0 Å². The Morgan fingerprint density at radius 1 is 1.00 bits per heavy atom. The normalized spacial score (nSPS) is 20.1. The molecule has 1 fully saturated rings. The number of nitrogens with one attached hydrogen (secondary N) is 4. The second-order valence-corrected chi connectivity index (χ2v) is 5.95. The van der Waals surface area contributed by atoms with E-state index in [1.807, 2.05) is 6.92 Å². The fourth-order valence-electron chi connectivity index (χ4n) is 2.86. The summed E-state index contributed by atoms with van der Waals surface area (Å²) in [5.74, 6) is -0.301. The van der Waals surface area contributed by atoms with E-state index in [1.165, 1.54) is 12.1 Å². The highest BCUT2D eigenvalue weighted by Gasteiger charge is 2.27. The third kappa shape index (κ3) is 5.72. The molecule has 1 saturated carbocycles. The number of urea groups is 2. The maximum absolute atomic E-state index is 12.9. The van der Waals surface area contributed by atoms with Gasteiger partial charge in [0.05, 0.1) is 12.1 Å². The first-order valence-corrected chi connectivity index (χ1v) is 8.41. The summed E-state index contributed by atoms with van der Waals surface area (Å²) in [5.41, 5.74) is 0.826. The fourth-order valence-corrected chi connectivity index (χ4v) is 2.86. The Kier molecular flexibility index (Phi) is 6.84. The van der Waals surface area contributed by atoms with Gasteiger partial charge in [-0.05, 0) is 37.5 Å². The summed E-state index contributed by atoms with van der Waals surface area (Å²) in [6, 6.07) is 5.35. The molecule has 0 spiro atoms. The Morgan fingerprint density at radius 2 is 1.54 bits per heavy atom. The summed E-state index contributed by atoms with van der Waals surface area (Å²) < 4.78 is 12.9. The lowest BCUT2D eigenvalue weighted by Crippen LogP contribution is -2.56. The smallest absolute Gasteiger partial charge is 0.315 e. The molecule has 1 aliphatic rings. The van der Waals surface area contributed by atoms with E-state index in [1.54, 1.807) is 12.1 Å². The molecule has 1 aliphatic carbocycles. The van der Waals surface area contributed by atoms with Crippen LogP contribution in [0.4, 0.5) is 14.0 Å². The summed E-state index contributed by atoms with van der Waals surface area (Å²) >= 11 is 0. The SMILES string of the molecule is CCNC(=O)NC1CCCCC1NC(=O)NCc1ccc(F)cc1. The van der Waals surface area contributed by atoms with Gasteiger partial charge in [-0.15, -0.1) is 0 Å². The average Bonchev–Trinajstić information content (AvgIpc) is 2.56. The second kappa shape index (κ2) is 9.10. The van der Waals surface area contributed by atoms with Crippen LogP contribution in [0.2, 0.25) is 0 Å². The van der Waals surface area contributed by atoms with E-state index in [-0.39, 0.29) is 30.0 Å². The topological polar surface area (TPSA) is 82.3 Å². The molecule has 6 nitrogen and oxygen atoms in total. The van der Waals surface area contributed by atoms with Crippen LogP contribution in [0.25, 0.3) is 0 Å². The largest absolute Gasteiger partial charge is 0.338 e. The standard InChI is InChI=1S/C17H25FN4O2/c1-2-19-16(23)21-14-5-3-4-6-15(14)22-17(24)20-11-12-7-9-13(18)10-8-12/h7-10,14-15H,2-6,11H2,1H3,(H2,19,21,23)(H2,20,22,24). The third-order valence-corrected chi connectivity index (χ3v) is 4.10. The van der Waals surface area contributed by atoms with E-state index < -0.39 is 0 Å². The lowest BCUT2D eigenvalue weighted by Gasteiger charge is -2.32. The van der Waals surface area contributed by atoms with Crippen molar-refractivity contribution in [3.05, 3.63) is 35.6 Å². The minimum absolute atomic E-state index is 0.0677. The molecule has 132 valence electrons. The van der Waals surface area contributed by atoms with Crippen LogP contribution in [0.15, 0.2) is 24.3 Å². The van der Waals surface area contributed by atoms with Crippen molar-refractivity contribution in [3.8, 4) is 0 Å². The van der Waals surface area contributed by atoms with Crippen LogP contribution in [-0.4, -0.2) is 30.7 Å². The number of halogens is 1. The van der Waals surface area contributed by atoms with Crippen molar-refractivity contribution < 1.29 is 14.0 Å². The van der Waals surface area contributed by atoms with Crippen molar-refractivity contribution in [2.45, 2.75) is 51.2 Å². The summed E-state index contributed by atoms with van der Waals surface area (Å²) in [4.78, 5) is 23.8. The molecule has 0 saturated heterocycles. The number of rotatable bonds is 5. The molecular formula is C17H25FN4O2. The van der Waals surface area contributed by atoms with Gasteiger partial charge in [0.1, 0.15) is 5.82 Å². The maximum Gasteiger partial charge on any atom is 0.315 e. The van der Waals surface area contributed by atoms with Crippen molar-refractivity contribution in [1.82, 2.24) is 21.3 Å². The number of benzene rings is 1. The van der Waals surface area contributed by atoms with E-state index >= 15 is 0 Å². The van der Waals surface area contributed by atoms with Crippen LogP contribution in [-0.2, 0) is 6.54 Å². The molecule has 4 N–H and O–H groups in total. The zero-order valence-electron chi connectivity index (χ0n) is 13.9. The van der Waals surface area contributed by atoms with Crippen molar-refractivity contribution in [2.24, 2.45) is 0 Å². The predicted molar refractivity (Wildman–Crippen MR) is 90.0 cm³/mol. The quantitative estimate of drug-likeness (QED) is 0.665. The molecule has 24 heavy (non-hydrogen) atoms. The van der Waals surface area contributed by atoms with Gasteiger partial charge < -0.3 is 21.3 Å². The Morgan fingerprint density at radius 3 is 2.08 bits per heavy atom. The van der Waals surface area contributed by atoms with E-state index in [2.05, 4.69) is 21.3 Å². The van der Waals surface area contributed by atoms with Gasteiger partial charge in [-0.25, -0.2) is 14.0 Å². The van der Waals surface area contributed by atoms with Crippen LogP contribution >= 0.6 is 0 Å². The second-order valence-electron chi connectivity index (χ2n) is 5.95. The van der Waals surface area contributed by atoms with Crippen LogP contribution < -0.4 is 21.3 Å². The maximum atomic E-state index is 12.9. The molecule has 1 aromatic rings. The summed E-state index contributed by atoms with van der Waals surface area (Å²) in [7, 11) is 0. The fraction of sp³-hybridized carbons (Fsp3) is 0.529. The highest BCUT2D eigenvalue weighted by molar-refractivity contribution is 5.75. The Bertz CT molecular complexity index is 550. The highest BCUT2D eigenvalue weighted by Crippen LogP contribution is 2.18. The van der Waals surface area contributed by atoms with Crippen LogP contribution in [0, 0.1) is 5.82 Å². The average molecular weight is 336 g/mol. The zero-order chi connectivity index (χ0) is 17.4. The van der Waals surface area contributed by atoms with Gasteiger partial charge in [0.2, 0.25) is 0 Å². The first kappa shape index (κ1) is 18.0. The minimum atomic E-state index is -0.301. The minimum Gasteiger partial charge on any atom is -0.338 e. The first-order chi connectivity index (χ1) is 11.6. The molecule has 2 atom stereocenters. The number of carbonyl (C=O) groups excluding carboxylic acids is 2. The van der Waals surface area contributed by atoms with Crippen molar-refractivity contribution >= 4 is 12.1 Å². The summed E-state index contributed by atoms with van der Waals surface area (Å²) in [5, 5.41) is 11.3. The molecule has 0 aliphatic heterocycles. The number of amides is 4. The molecule has 0 bridgehead atoms. The Balaban J connectivity index is 1.81. The molecule has 4 amide bonds. The van der Waals surface area contributed by atoms with Gasteiger partial charge in [-0.2, -0.15) is 0 Å². The van der Waals surface area contributed by atoms with Gasteiger partial charge in [-0.1, -0.05) is 25.0 Å². The molecule has 2 unspecified atom stereocenters. The lowest BCUT2D eigenvalue weighted by molar-refractivity contribution is 0.213. The van der Waals surface area contributed by atoms with E-state index in [0.29, 0.717) is 13.1 Å². The van der Waals surface area contributed by atoms with Crippen LogP contribution in [0.3, 0.4) is 0 Å². The lowest BCUT2D eigenvalue weighted by atomic mass is 9.90. The molecule has 0 heterocycles. The monoisotopic (exact) mass is 336 g/mol. The van der Waals surface area contributed by atoms with Crippen LogP contribution in [0.1, 0.15) is 38.2 Å². The molecule has 2 rings (SSSR count). The molecule has 1 aromatic carbocycles. The van der Waals surface area contributed by atoms with Crippen molar-refractivity contribution in [1.29, 1.82) is 0 Å². The van der Waals surface area contributed by atoms with E-state index in [0.717, 1.165) is 31.2 Å². The molecular weight excluding hydrogens is 311 g/mol. The highest BCUT2D eigenvalue weighted by atomic mass is 19.1. The van der Waals surface area contributed by atoms with Gasteiger partial charge in [0, 0.05) is 13.1 Å². The Labute approximate surface area is 141 Å². The predicted octanol–water partition coefficient (Wildman–Crippen LogP) is 2.26. The van der Waals surface area contributed by atoms with Crippen LogP contribution in [0.5, 0.6) is 0 Å². The van der Waals surface area contributed by atoms with E-state index in [9.17, 15) is 14.0 Å². The number of carbonyl (C=O) groups is 2.